The third-order valence-corrected chi connectivity index (χ3v) is 4.63. The third kappa shape index (κ3) is 4.01. The van der Waals surface area contributed by atoms with E-state index >= 15 is 0 Å². The molecule has 3 N–H and O–H groups in total. The lowest BCUT2D eigenvalue weighted by Gasteiger charge is -2.42. The lowest BCUT2D eigenvalue weighted by molar-refractivity contribution is -0.139. The highest BCUT2D eigenvalue weighted by Crippen LogP contribution is 2.26. The van der Waals surface area contributed by atoms with Crippen LogP contribution in [0.1, 0.15) is 25.5 Å². The van der Waals surface area contributed by atoms with Crippen LogP contribution >= 0.6 is 0 Å². The van der Waals surface area contributed by atoms with E-state index in [1.807, 2.05) is 48.4 Å². The Balaban J connectivity index is 1.45. The average Bonchev–Trinajstić information content (AvgIpc) is 3.01. The Morgan fingerprint density at radius 1 is 1.38 bits per heavy atom. The molecular formula is C18H24N4O2. The van der Waals surface area contributed by atoms with Gasteiger partial charge in [-0.25, -0.2) is 4.98 Å². The molecule has 1 aliphatic rings. The largest absolute Gasteiger partial charge is 0.480 e. The zero-order valence-electron chi connectivity index (χ0n) is 13.9. The number of benzene rings is 1. The number of hydrogen-bond acceptors (Lipinski definition) is 4. The molecule has 0 atom stereocenters. The topological polar surface area (TPSA) is 81.2 Å². The van der Waals surface area contributed by atoms with Gasteiger partial charge in [-0.3, -0.25) is 9.69 Å². The monoisotopic (exact) mass is 328 g/mol. The quantitative estimate of drug-likeness (QED) is 0.691. The summed E-state index contributed by atoms with van der Waals surface area (Å²) in [5.41, 5.74) is 2.15. The second kappa shape index (κ2) is 7.59. The predicted molar refractivity (Wildman–Crippen MR) is 92.6 cm³/mol. The van der Waals surface area contributed by atoms with Gasteiger partial charge in [-0.15, -0.1) is 0 Å². The number of nitrogens with one attached hydrogen (secondary N) is 2. The number of H-pyrrole nitrogens is 1. The Bertz CT molecular complexity index is 665. The maximum atomic E-state index is 10.9. The van der Waals surface area contributed by atoms with Gasteiger partial charge in [-0.05, 0) is 19.4 Å². The number of imidazole rings is 1. The number of carboxylic acid groups (broad SMARTS) is 1. The zero-order valence-corrected chi connectivity index (χ0v) is 13.9. The van der Waals surface area contributed by atoms with Crippen LogP contribution in [-0.4, -0.2) is 51.1 Å². The Labute approximate surface area is 141 Å². The fraction of sp³-hybridized carbons (Fsp3) is 0.444. The SMILES string of the molecule is CCN(CC(=O)O)C1CC(NCc2cnc(-c3ccccc3)[nH]2)C1. The number of aromatic nitrogens is 2. The summed E-state index contributed by atoms with van der Waals surface area (Å²) in [6.07, 6.45) is 3.87. The van der Waals surface area contributed by atoms with E-state index in [2.05, 4.69) is 15.3 Å². The van der Waals surface area contributed by atoms with Gasteiger partial charge in [0.1, 0.15) is 5.82 Å². The molecule has 0 radical (unpaired) electrons. The van der Waals surface area contributed by atoms with Gasteiger partial charge in [0.2, 0.25) is 0 Å². The third-order valence-electron chi connectivity index (χ3n) is 4.63. The molecule has 128 valence electrons. The molecular weight excluding hydrogens is 304 g/mol. The fourth-order valence-electron chi connectivity index (χ4n) is 3.17. The van der Waals surface area contributed by atoms with E-state index < -0.39 is 5.97 Å². The van der Waals surface area contributed by atoms with Crippen molar-refractivity contribution in [3.8, 4) is 11.4 Å². The van der Waals surface area contributed by atoms with Crippen molar-refractivity contribution in [1.82, 2.24) is 20.2 Å². The predicted octanol–water partition coefficient (Wildman–Crippen LogP) is 2.10. The molecule has 2 aromatic rings. The lowest BCUT2D eigenvalue weighted by Crippen LogP contribution is -2.53. The van der Waals surface area contributed by atoms with Gasteiger partial charge in [0.05, 0.1) is 6.54 Å². The number of nitrogens with zero attached hydrogens (tertiary/aromatic N) is 2. The van der Waals surface area contributed by atoms with Crippen LogP contribution in [0.4, 0.5) is 0 Å². The van der Waals surface area contributed by atoms with E-state index in [4.69, 9.17) is 5.11 Å². The molecule has 3 rings (SSSR count). The number of carboxylic acids is 1. The molecule has 0 amide bonds. The van der Waals surface area contributed by atoms with Crippen LogP contribution < -0.4 is 5.32 Å². The summed E-state index contributed by atoms with van der Waals surface area (Å²) in [6, 6.07) is 10.9. The van der Waals surface area contributed by atoms with Gasteiger partial charge >= 0.3 is 5.97 Å². The molecule has 1 aromatic heterocycles. The van der Waals surface area contributed by atoms with Gasteiger partial charge < -0.3 is 15.4 Å². The van der Waals surface area contributed by atoms with Gasteiger partial charge in [0.25, 0.3) is 0 Å². The smallest absolute Gasteiger partial charge is 0.317 e. The molecule has 6 nitrogen and oxygen atoms in total. The highest BCUT2D eigenvalue weighted by Gasteiger charge is 2.33. The van der Waals surface area contributed by atoms with Crippen LogP contribution in [0.25, 0.3) is 11.4 Å². The second-order valence-electron chi connectivity index (χ2n) is 6.28. The zero-order chi connectivity index (χ0) is 16.9. The molecule has 1 aromatic carbocycles. The maximum absolute atomic E-state index is 10.9. The Hall–Kier alpha value is -2.18. The highest BCUT2D eigenvalue weighted by molar-refractivity contribution is 5.69. The van der Waals surface area contributed by atoms with Gasteiger partial charge in [0, 0.05) is 36.1 Å². The molecule has 0 aliphatic heterocycles. The summed E-state index contributed by atoms with van der Waals surface area (Å²) in [7, 11) is 0. The van der Waals surface area contributed by atoms with Crippen LogP contribution in [0.5, 0.6) is 0 Å². The van der Waals surface area contributed by atoms with Gasteiger partial charge in [0.15, 0.2) is 0 Å². The summed E-state index contributed by atoms with van der Waals surface area (Å²) in [5, 5.41) is 12.4. The van der Waals surface area contributed by atoms with E-state index in [0.29, 0.717) is 12.1 Å². The molecule has 1 heterocycles. The first-order valence-electron chi connectivity index (χ1n) is 8.44. The minimum Gasteiger partial charge on any atom is -0.480 e. The first kappa shape index (κ1) is 16.7. The number of hydrogen-bond donors (Lipinski definition) is 3. The van der Waals surface area contributed by atoms with Crippen LogP contribution in [0, 0.1) is 0 Å². The van der Waals surface area contributed by atoms with Crippen molar-refractivity contribution in [2.24, 2.45) is 0 Å². The van der Waals surface area contributed by atoms with Crippen molar-refractivity contribution in [2.75, 3.05) is 13.1 Å². The van der Waals surface area contributed by atoms with Crippen LogP contribution in [0.15, 0.2) is 36.5 Å². The van der Waals surface area contributed by atoms with Crippen LogP contribution in [0.3, 0.4) is 0 Å². The summed E-state index contributed by atoms with van der Waals surface area (Å²) >= 11 is 0. The fourth-order valence-corrected chi connectivity index (χ4v) is 3.17. The molecule has 0 unspecified atom stereocenters. The average molecular weight is 328 g/mol. The summed E-state index contributed by atoms with van der Waals surface area (Å²) in [4.78, 5) is 20.7. The van der Waals surface area contributed by atoms with Gasteiger partial charge in [-0.1, -0.05) is 37.3 Å². The number of likely N-dealkylation sites (N-methyl/N-ethyl adjacent to an activating group) is 1. The normalized spacial score (nSPS) is 20.1. The number of aromatic amines is 1. The minimum absolute atomic E-state index is 0.134. The van der Waals surface area contributed by atoms with Crippen LogP contribution in [0.2, 0.25) is 0 Å². The number of carbonyl (C=O) groups is 1. The summed E-state index contributed by atoms with van der Waals surface area (Å²) in [5.74, 6) is 0.136. The van der Waals surface area contributed by atoms with E-state index in [9.17, 15) is 4.79 Å². The molecule has 24 heavy (non-hydrogen) atoms. The van der Waals surface area contributed by atoms with Gasteiger partial charge in [-0.2, -0.15) is 0 Å². The maximum Gasteiger partial charge on any atom is 0.317 e. The lowest BCUT2D eigenvalue weighted by atomic mass is 9.85. The van der Waals surface area contributed by atoms with Crippen molar-refractivity contribution in [2.45, 2.75) is 38.4 Å². The highest BCUT2D eigenvalue weighted by atomic mass is 16.4. The van der Waals surface area contributed by atoms with Crippen molar-refractivity contribution < 1.29 is 9.90 Å². The van der Waals surface area contributed by atoms with E-state index in [1.54, 1.807) is 0 Å². The molecule has 1 aliphatic carbocycles. The second-order valence-corrected chi connectivity index (χ2v) is 6.28. The Kier molecular flexibility index (Phi) is 5.27. The van der Waals surface area contributed by atoms with Crippen molar-refractivity contribution in [3.05, 3.63) is 42.2 Å². The minimum atomic E-state index is -0.751. The first-order valence-corrected chi connectivity index (χ1v) is 8.44. The van der Waals surface area contributed by atoms with Crippen molar-refractivity contribution in [3.63, 3.8) is 0 Å². The molecule has 1 saturated carbocycles. The van der Waals surface area contributed by atoms with E-state index in [-0.39, 0.29) is 6.54 Å². The van der Waals surface area contributed by atoms with E-state index in [0.717, 1.165) is 43.0 Å². The summed E-state index contributed by atoms with van der Waals surface area (Å²) < 4.78 is 0. The van der Waals surface area contributed by atoms with E-state index in [1.165, 1.54) is 0 Å². The first-order chi connectivity index (χ1) is 11.7. The Morgan fingerprint density at radius 2 is 2.12 bits per heavy atom. The van der Waals surface area contributed by atoms with Crippen molar-refractivity contribution >= 4 is 5.97 Å². The number of aliphatic carboxylic acids is 1. The molecule has 1 fully saturated rings. The molecule has 0 saturated heterocycles. The van der Waals surface area contributed by atoms with Crippen LogP contribution in [-0.2, 0) is 11.3 Å². The Morgan fingerprint density at radius 3 is 2.79 bits per heavy atom. The van der Waals surface area contributed by atoms with Crippen molar-refractivity contribution in [1.29, 1.82) is 0 Å². The summed E-state index contributed by atoms with van der Waals surface area (Å²) in [6.45, 7) is 3.68. The molecule has 0 spiro atoms. The molecule has 6 heteroatoms. The standard InChI is InChI=1S/C18H24N4O2/c1-2-22(12-17(23)24)16-8-14(9-16)19-10-15-11-20-18(21-15)13-6-4-3-5-7-13/h3-7,11,14,16,19H,2,8-10,12H2,1H3,(H,20,21)(H,23,24). The molecule has 0 bridgehead atoms. The number of rotatable bonds is 8.